The van der Waals surface area contributed by atoms with Gasteiger partial charge in [0, 0.05) is 25.5 Å². The van der Waals surface area contributed by atoms with Gasteiger partial charge in [0.15, 0.2) is 0 Å². The van der Waals surface area contributed by atoms with E-state index in [-0.39, 0.29) is 30.0 Å². The highest BCUT2D eigenvalue weighted by molar-refractivity contribution is 5.85. The van der Waals surface area contributed by atoms with Crippen molar-refractivity contribution in [3.05, 3.63) is 91.0 Å². The lowest BCUT2D eigenvalue weighted by atomic mass is 10.0. The number of anilines is 1. The van der Waals surface area contributed by atoms with Crippen LogP contribution in [0.1, 0.15) is 84.0 Å². The Kier molecular flexibility index (Phi) is 9.81. The molecule has 0 radical (unpaired) electrons. The number of hydrogen-bond donors (Lipinski definition) is 3. The monoisotopic (exact) mass is 701 g/mol. The molecule has 52 heavy (non-hydrogen) atoms. The van der Waals surface area contributed by atoms with Crippen molar-refractivity contribution in [2.45, 2.75) is 84.0 Å². The lowest BCUT2D eigenvalue weighted by Crippen LogP contribution is -2.45. The third-order valence-corrected chi connectivity index (χ3v) is 9.75. The van der Waals surface area contributed by atoms with Crippen LogP contribution in [0.2, 0.25) is 0 Å². The van der Waals surface area contributed by atoms with Crippen LogP contribution in [0, 0.1) is 5.92 Å². The molecule has 0 spiro atoms. The number of imidazole rings is 2. The molecular formula is C40H47N9O3. The van der Waals surface area contributed by atoms with Crippen molar-refractivity contribution in [2.24, 2.45) is 5.92 Å². The highest BCUT2D eigenvalue weighted by Gasteiger charge is 2.37. The number of carbonyl (C=O) groups excluding carboxylic acids is 2. The van der Waals surface area contributed by atoms with Gasteiger partial charge in [0.1, 0.15) is 23.3 Å². The maximum absolute atomic E-state index is 13.8. The van der Waals surface area contributed by atoms with Crippen molar-refractivity contribution in [3.8, 4) is 33.6 Å². The second-order valence-corrected chi connectivity index (χ2v) is 15.0. The molecule has 3 N–H and O–H groups in total. The number of amides is 2. The van der Waals surface area contributed by atoms with Crippen molar-refractivity contribution in [1.82, 2.24) is 39.7 Å². The molecule has 5 aromatic rings. The maximum Gasteiger partial charge on any atom is 0.410 e. The predicted octanol–water partition coefficient (Wildman–Crippen LogP) is 7.80. The third kappa shape index (κ3) is 7.56. The first-order chi connectivity index (χ1) is 25.0. The Morgan fingerprint density at radius 3 is 1.73 bits per heavy atom. The number of rotatable bonds is 9. The molecule has 3 atom stereocenters. The van der Waals surface area contributed by atoms with Crippen LogP contribution in [0.4, 0.5) is 10.7 Å². The molecule has 270 valence electrons. The summed E-state index contributed by atoms with van der Waals surface area (Å²) in [5.41, 5.74) is 5.52. The van der Waals surface area contributed by atoms with Gasteiger partial charge in [-0.3, -0.25) is 9.69 Å². The second kappa shape index (κ2) is 14.6. The number of hydrogen-bond acceptors (Lipinski definition) is 8. The first-order valence-corrected chi connectivity index (χ1v) is 18.2. The quantitative estimate of drug-likeness (QED) is 0.141. The average Bonchev–Trinajstić information content (AvgIpc) is 3.97. The molecule has 2 aliphatic rings. The van der Waals surface area contributed by atoms with E-state index in [1.165, 1.54) is 0 Å². The van der Waals surface area contributed by atoms with Crippen molar-refractivity contribution in [2.75, 3.05) is 18.4 Å². The van der Waals surface area contributed by atoms with E-state index in [9.17, 15) is 9.59 Å². The number of likely N-dealkylation sites (tertiary alicyclic amines) is 2. The fraction of sp³-hybridized carbons (Fsp3) is 0.400. The SMILES string of the molecule is CC(C)[C@@H](Nc1ncccn1)C(=O)N1CCC[C@H]1c1ncc(-c2ccc(-c3ccc(-c4cnc([C@H]5CCCN5C(=O)OC(C)(C)C)[nH]4)cc3)cc2)[nH]1. The Balaban J connectivity index is 1.00. The highest BCUT2D eigenvalue weighted by Crippen LogP contribution is 2.35. The summed E-state index contributed by atoms with van der Waals surface area (Å²) in [5, 5.41) is 3.25. The van der Waals surface area contributed by atoms with Crippen LogP contribution in [0.25, 0.3) is 33.6 Å². The van der Waals surface area contributed by atoms with Gasteiger partial charge >= 0.3 is 6.09 Å². The molecule has 2 saturated heterocycles. The van der Waals surface area contributed by atoms with E-state index in [4.69, 9.17) is 9.72 Å². The van der Waals surface area contributed by atoms with Gasteiger partial charge in [-0.25, -0.2) is 24.7 Å². The number of aromatic amines is 2. The van der Waals surface area contributed by atoms with Crippen molar-refractivity contribution >= 4 is 17.9 Å². The Bertz CT molecular complexity index is 1980. The van der Waals surface area contributed by atoms with Crippen LogP contribution >= 0.6 is 0 Å². The number of nitrogens with one attached hydrogen (secondary N) is 3. The Morgan fingerprint density at radius 1 is 0.750 bits per heavy atom. The lowest BCUT2D eigenvalue weighted by molar-refractivity contribution is -0.134. The van der Waals surface area contributed by atoms with Crippen LogP contribution in [-0.2, 0) is 9.53 Å². The van der Waals surface area contributed by atoms with Crippen LogP contribution in [0.5, 0.6) is 0 Å². The van der Waals surface area contributed by atoms with Gasteiger partial charge in [0.05, 0.1) is 35.9 Å². The van der Waals surface area contributed by atoms with Gasteiger partial charge in [-0.1, -0.05) is 62.4 Å². The summed E-state index contributed by atoms with van der Waals surface area (Å²) in [6, 6.07) is 17.9. The summed E-state index contributed by atoms with van der Waals surface area (Å²) in [5.74, 6) is 2.11. The first kappa shape index (κ1) is 34.9. The Morgan fingerprint density at radius 2 is 1.23 bits per heavy atom. The molecule has 0 unspecified atom stereocenters. The van der Waals surface area contributed by atoms with E-state index >= 15 is 0 Å². The number of H-pyrrole nitrogens is 2. The second-order valence-electron chi connectivity index (χ2n) is 15.0. The maximum atomic E-state index is 13.8. The molecule has 0 saturated carbocycles. The van der Waals surface area contributed by atoms with E-state index < -0.39 is 11.6 Å². The summed E-state index contributed by atoms with van der Waals surface area (Å²) >= 11 is 0. The van der Waals surface area contributed by atoms with E-state index in [1.807, 2.05) is 51.9 Å². The minimum absolute atomic E-state index is 0.0323. The Hall–Kier alpha value is -5.52. The fourth-order valence-corrected chi connectivity index (χ4v) is 7.10. The van der Waals surface area contributed by atoms with E-state index in [2.05, 4.69) is 78.8 Å². The zero-order chi connectivity index (χ0) is 36.4. The number of nitrogens with zero attached hydrogens (tertiary/aromatic N) is 6. The van der Waals surface area contributed by atoms with Crippen molar-refractivity contribution in [1.29, 1.82) is 0 Å². The van der Waals surface area contributed by atoms with Gasteiger partial charge in [-0.05, 0) is 80.7 Å². The molecule has 2 aliphatic heterocycles. The molecule has 7 rings (SSSR count). The molecule has 12 heteroatoms. The van der Waals surface area contributed by atoms with Gasteiger partial charge < -0.3 is 24.9 Å². The van der Waals surface area contributed by atoms with Crippen LogP contribution < -0.4 is 5.32 Å². The number of aromatic nitrogens is 6. The molecule has 5 heterocycles. The molecule has 0 aliphatic carbocycles. The predicted molar refractivity (Wildman–Crippen MR) is 200 cm³/mol. The topological polar surface area (TPSA) is 145 Å². The number of benzene rings is 2. The molecule has 2 aromatic carbocycles. The minimum Gasteiger partial charge on any atom is -0.444 e. The fourth-order valence-electron chi connectivity index (χ4n) is 7.10. The highest BCUT2D eigenvalue weighted by atomic mass is 16.6. The molecule has 12 nitrogen and oxygen atoms in total. The zero-order valence-electron chi connectivity index (χ0n) is 30.5. The van der Waals surface area contributed by atoms with E-state index in [0.717, 1.165) is 71.0 Å². The minimum atomic E-state index is -0.542. The standard InChI is InChI=1S/C40H47N9O3/c1-25(2)34(47-38-41-19-8-20-42-38)37(50)48-21-6-9-32(48)35-43-23-30(45-35)28-15-11-26(12-16-28)27-13-17-29(18-14-27)31-24-44-36(46-31)33-10-7-22-49(33)39(51)52-40(3,4)5/h8,11-20,23-25,32-34H,6-7,9-10,21-22H2,1-5H3,(H,43,45)(H,44,46)(H,41,42,47)/t32-,33+,34+/m0/s1. The smallest absolute Gasteiger partial charge is 0.410 e. The third-order valence-electron chi connectivity index (χ3n) is 9.75. The van der Waals surface area contributed by atoms with Crippen LogP contribution in [0.3, 0.4) is 0 Å². The van der Waals surface area contributed by atoms with Gasteiger partial charge in [-0.2, -0.15) is 0 Å². The van der Waals surface area contributed by atoms with Crippen molar-refractivity contribution < 1.29 is 14.3 Å². The van der Waals surface area contributed by atoms with Crippen LogP contribution in [0.15, 0.2) is 79.4 Å². The van der Waals surface area contributed by atoms with Gasteiger partial charge in [0.25, 0.3) is 0 Å². The summed E-state index contributed by atoms with van der Waals surface area (Å²) in [4.78, 5) is 55.2. The average molecular weight is 702 g/mol. The van der Waals surface area contributed by atoms with Gasteiger partial charge in [0.2, 0.25) is 11.9 Å². The van der Waals surface area contributed by atoms with E-state index in [1.54, 1.807) is 23.4 Å². The van der Waals surface area contributed by atoms with Gasteiger partial charge in [-0.15, -0.1) is 0 Å². The molecule has 2 fully saturated rings. The summed E-state index contributed by atoms with van der Waals surface area (Å²) in [7, 11) is 0. The largest absolute Gasteiger partial charge is 0.444 e. The lowest BCUT2D eigenvalue weighted by Gasteiger charge is -2.30. The first-order valence-electron chi connectivity index (χ1n) is 18.2. The van der Waals surface area contributed by atoms with Crippen molar-refractivity contribution in [3.63, 3.8) is 0 Å². The molecule has 2 amide bonds. The van der Waals surface area contributed by atoms with E-state index in [0.29, 0.717) is 19.0 Å². The zero-order valence-corrected chi connectivity index (χ0v) is 30.5. The Labute approximate surface area is 304 Å². The van der Waals surface area contributed by atoms with Crippen LogP contribution in [-0.4, -0.2) is 76.4 Å². The molecule has 3 aromatic heterocycles. The molecular weight excluding hydrogens is 654 g/mol. The normalized spacial score (nSPS) is 18.2. The number of ether oxygens (including phenoxy) is 1. The summed E-state index contributed by atoms with van der Waals surface area (Å²) in [6.45, 7) is 11.1. The summed E-state index contributed by atoms with van der Waals surface area (Å²) in [6.07, 6.45) is 10.3. The number of carbonyl (C=O) groups is 2. The summed E-state index contributed by atoms with van der Waals surface area (Å²) < 4.78 is 5.64. The molecule has 0 bridgehead atoms.